The molecule has 2 nitrogen and oxygen atoms in total. The van der Waals surface area contributed by atoms with Gasteiger partial charge in [0.05, 0.1) is 6.26 Å². The van der Waals surface area contributed by atoms with Gasteiger partial charge in [-0.3, -0.25) is 0 Å². The molecule has 1 aliphatic heterocycles. The molecule has 1 aromatic heterocycles. The van der Waals surface area contributed by atoms with Gasteiger partial charge in [0.15, 0.2) is 0 Å². The van der Waals surface area contributed by atoms with Crippen LogP contribution in [-0.4, -0.2) is 12.6 Å². The van der Waals surface area contributed by atoms with Gasteiger partial charge in [0.25, 0.3) is 0 Å². The summed E-state index contributed by atoms with van der Waals surface area (Å²) in [4.78, 5) is 0. The zero-order valence-corrected chi connectivity index (χ0v) is 7.47. The van der Waals surface area contributed by atoms with Crippen molar-refractivity contribution in [1.29, 1.82) is 0 Å². The van der Waals surface area contributed by atoms with Crippen molar-refractivity contribution in [2.75, 3.05) is 6.54 Å². The number of furan rings is 1. The van der Waals surface area contributed by atoms with E-state index in [1.807, 2.05) is 6.92 Å². The SMILES string of the molecule is Cc1occc1CC1CCCN1. The highest BCUT2D eigenvalue weighted by molar-refractivity contribution is 5.17. The second kappa shape index (κ2) is 3.31. The van der Waals surface area contributed by atoms with Crippen LogP contribution in [0, 0.1) is 6.92 Å². The van der Waals surface area contributed by atoms with Gasteiger partial charge >= 0.3 is 0 Å². The molecule has 2 heteroatoms. The van der Waals surface area contributed by atoms with Crippen LogP contribution in [0.15, 0.2) is 16.7 Å². The molecule has 1 aliphatic rings. The molecule has 1 atom stereocenters. The third-order valence-electron chi connectivity index (χ3n) is 2.59. The van der Waals surface area contributed by atoms with Crippen LogP contribution in [0.4, 0.5) is 0 Å². The first-order valence-corrected chi connectivity index (χ1v) is 4.62. The summed E-state index contributed by atoms with van der Waals surface area (Å²) in [6.07, 6.45) is 5.54. The highest BCUT2D eigenvalue weighted by atomic mass is 16.3. The first-order chi connectivity index (χ1) is 5.86. The van der Waals surface area contributed by atoms with Crippen molar-refractivity contribution in [3.63, 3.8) is 0 Å². The fraction of sp³-hybridized carbons (Fsp3) is 0.600. The Balaban J connectivity index is 1.98. The molecule has 0 aliphatic carbocycles. The third-order valence-corrected chi connectivity index (χ3v) is 2.59. The summed E-state index contributed by atoms with van der Waals surface area (Å²) < 4.78 is 5.25. The molecule has 0 spiro atoms. The van der Waals surface area contributed by atoms with Crippen molar-refractivity contribution in [1.82, 2.24) is 5.32 Å². The van der Waals surface area contributed by atoms with Gasteiger partial charge < -0.3 is 9.73 Å². The Morgan fingerprint density at radius 2 is 2.58 bits per heavy atom. The zero-order valence-electron chi connectivity index (χ0n) is 7.47. The molecule has 1 saturated heterocycles. The molecule has 0 saturated carbocycles. The molecular weight excluding hydrogens is 150 g/mol. The van der Waals surface area contributed by atoms with E-state index in [-0.39, 0.29) is 0 Å². The molecular formula is C10H15NO. The van der Waals surface area contributed by atoms with Gasteiger partial charge in [0.2, 0.25) is 0 Å². The number of rotatable bonds is 2. The Morgan fingerprint density at radius 1 is 1.67 bits per heavy atom. The first-order valence-electron chi connectivity index (χ1n) is 4.62. The Bertz CT molecular complexity index is 248. The van der Waals surface area contributed by atoms with E-state index >= 15 is 0 Å². The van der Waals surface area contributed by atoms with Crippen LogP contribution in [0.2, 0.25) is 0 Å². The molecule has 1 N–H and O–H groups in total. The fourth-order valence-electron chi connectivity index (χ4n) is 1.82. The highest BCUT2D eigenvalue weighted by Gasteiger charge is 2.15. The average Bonchev–Trinajstić information content (AvgIpc) is 2.65. The lowest BCUT2D eigenvalue weighted by Crippen LogP contribution is -2.23. The predicted molar refractivity (Wildman–Crippen MR) is 48.2 cm³/mol. The Labute approximate surface area is 73.0 Å². The molecule has 2 heterocycles. The minimum atomic E-state index is 0.682. The maximum atomic E-state index is 5.25. The first kappa shape index (κ1) is 7.87. The second-order valence-corrected chi connectivity index (χ2v) is 3.50. The molecule has 0 radical (unpaired) electrons. The largest absolute Gasteiger partial charge is 0.469 e. The van der Waals surface area contributed by atoms with Crippen LogP contribution in [0.3, 0.4) is 0 Å². The average molecular weight is 165 g/mol. The lowest BCUT2D eigenvalue weighted by atomic mass is 10.1. The third kappa shape index (κ3) is 1.53. The van der Waals surface area contributed by atoms with Crippen LogP contribution in [-0.2, 0) is 6.42 Å². The maximum absolute atomic E-state index is 5.25. The van der Waals surface area contributed by atoms with Crippen LogP contribution in [0.5, 0.6) is 0 Å². The van der Waals surface area contributed by atoms with Gasteiger partial charge in [-0.2, -0.15) is 0 Å². The number of aryl methyl sites for hydroxylation is 1. The zero-order chi connectivity index (χ0) is 8.39. The summed E-state index contributed by atoms with van der Waals surface area (Å²) in [5.41, 5.74) is 1.36. The predicted octanol–water partition coefficient (Wildman–Crippen LogP) is 1.88. The summed E-state index contributed by atoms with van der Waals surface area (Å²) in [6.45, 7) is 3.21. The molecule has 0 aromatic carbocycles. The maximum Gasteiger partial charge on any atom is 0.103 e. The lowest BCUT2D eigenvalue weighted by molar-refractivity contribution is 0.522. The Morgan fingerprint density at radius 3 is 3.17 bits per heavy atom. The van der Waals surface area contributed by atoms with Crippen LogP contribution >= 0.6 is 0 Å². The standard InChI is InChI=1S/C10H15NO/c1-8-9(4-6-12-8)7-10-3-2-5-11-10/h4,6,10-11H,2-3,5,7H2,1H3. The molecule has 1 aromatic rings. The fourth-order valence-corrected chi connectivity index (χ4v) is 1.82. The van der Waals surface area contributed by atoms with Gasteiger partial charge in [-0.1, -0.05) is 0 Å². The van der Waals surface area contributed by atoms with Crippen LogP contribution in [0.25, 0.3) is 0 Å². The molecule has 1 unspecified atom stereocenters. The van der Waals surface area contributed by atoms with Crippen molar-refractivity contribution in [3.8, 4) is 0 Å². The topological polar surface area (TPSA) is 25.2 Å². The van der Waals surface area contributed by atoms with E-state index in [9.17, 15) is 0 Å². The minimum absolute atomic E-state index is 0.682. The molecule has 2 rings (SSSR count). The number of hydrogen-bond donors (Lipinski definition) is 1. The normalized spacial score (nSPS) is 23.2. The van der Waals surface area contributed by atoms with E-state index in [0.717, 1.165) is 12.2 Å². The summed E-state index contributed by atoms with van der Waals surface area (Å²) in [5, 5.41) is 3.48. The van der Waals surface area contributed by atoms with Gasteiger partial charge in [-0.25, -0.2) is 0 Å². The van der Waals surface area contributed by atoms with Gasteiger partial charge in [0.1, 0.15) is 5.76 Å². The van der Waals surface area contributed by atoms with Crippen LogP contribution < -0.4 is 5.32 Å². The van der Waals surface area contributed by atoms with E-state index in [0.29, 0.717) is 6.04 Å². The van der Waals surface area contributed by atoms with Crippen molar-refractivity contribution < 1.29 is 4.42 Å². The quantitative estimate of drug-likeness (QED) is 0.723. The van der Waals surface area contributed by atoms with Crippen molar-refractivity contribution in [2.45, 2.75) is 32.2 Å². The molecule has 12 heavy (non-hydrogen) atoms. The van der Waals surface area contributed by atoms with Gasteiger partial charge in [0, 0.05) is 6.04 Å². The molecule has 1 fully saturated rings. The van der Waals surface area contributed by atoms with E-state index < -0.39 is 0 Å². The Kier molecular flexibility index (Phi) is 2.17. The molecule has 66 valence electrons. The molecule has 0 bridgehead atoms. The van der Waals surface area contributed by atoms with Gasteiger partial charge in [-0.15, -0.1) is 0 Å². The summed E-state index contributed by atoms with van der Waals surface area (Å²) >= 11 is 0. The summed E-state index contributed by atoms with van der Waals surface area (Å²) in [5.74, 6) is 1.07. The summed E-state index contributed by atoms with van der Waals surface area (Å²) in [6, 6.07) is 2.76. The van der Waals surface area contributed by atoms with E-state index in [1.54, 1.807) is 6.26 Å². The van der Waals surface area contributed by atoms with Crippen molar-refractivity contribution in [2.24, 2.45) is 0 Å². The Hall–Kier alpha value is -0.760. The highest BCUT2D eigenvalue weighted by Crippen LogP contribution is 2.15. The van der Waals surface area contributed by atoms with Crippen molar-refractivity contribution >= 4 is 0 Å². The van der Waals surface area contributed by atoms with E-state index in [4.69, 9.17) is 4.42 Å². The monoisotopic (exact) mass is 165 g/mol. The molecule has 0 amide bonds. The minimum Gasteiger partial charge on any atom is -0.469 e. The van der Waals surface area contributed by atoms with E-state index in [2.05, 4.69) is 11.4 Å². The van der Waals surface area contributed by atoms with E-state index in [1.165, 1.54) is 24.9 Å². The lowest BCUT2D eigenvalue weighted by Gasteiger charge is -2.07. The smallest absolute Gasteiger partial charge is 0.103 e. The number of hydrogen-bond acceptors (Lipinski definition) is 2. The summed E-state index contributed by atoms with van der Waals surface area (Å²) in [7, 11) is 0. The second-order valence-electron chi connectivity index (χ2n) is 3.50. The van der Waals surface area contributed by atoms with Crippen LogP contribution in [0.1, 0.15) is 24.2 Å². The van der Waals surface area contributed by atoms with Crippen molar-refractivity contribution in [3.05, 3.63) is 23.7 Å². The number of nitrogens with one attached hydrogen (secondary N) is 1. The van der Waals surface area contributed by atoms with Gasteiger partial charge in [-0.05, 0) is 44.4 Å².